The topological polar surface area (TPSA) is 81.4 Å². The quantitative estimate of drug-likeness (QED) is 0.462. The van der Waals surface area contributed by atoms with E-state index in [-0.39, 0.29) is 23.7 Å². The summed E-state index contributed by atoms with van der Waals surface area (Å²) < 4.78 is 27.6. The van der Waals surface area contributed by atoms with Gasteiger partial charge >= 0.3 is 0 Å². The normalized spacial score (nSPS) is 16.3. The zero-order valence-corrected chi connectivity index (χ0v) is 10.5. The van der Waals surface area contributed by atoms with Crippen LogP contribution >= 0.6 is 0 Å². The molecular formula is C9H22N2O3S. The molecule has 0 aromatic heterocycles. The Hall–Kier alpha value is -0.170. The standard InChI is InChI=1S/C9H22N2O3S/c1-4-15(12,13)7-5-6-9(11-10)8(2)14-3/h8-9,11H,4-7,10H2,1-3H3. The molecule has 0 aliphatic heterocycles. The number of sulfone groups is 1. The van der Waals surface area contributed by atoms with Crippen molar-refractivity contribution >= 4 is 9.84 Å². The highest BCUT2D eigenvalue weighted by Crippen LogP contribution is 2.06. The number of hydrazine groups is 1. The summed E-state index contributed by atoms with van der Waals surface area (Å²) in [5, 5.41) is 0. The minimum absolute atomic E-state index is 0.00190. The number of rotatable bonds is 8. The Labute approximate surface area is 92.3 Å². The van der Waals surface area contributed by atoms with Gasteiger partial charge in [-0.05, 0) is 19.8 Å². The van der Waals surface area contributed by atoms with Gasteiger partial charge in [-0.2, -0.15) is 0 Å². The molecule has 0 spiro atoms. The first kappa shape index (κ1) is 14.8. The van der Waals surface area contributed by atoms with Crippen LogP contribution in [0.3, 0.4) is 0 Å². The first-order valence-electron chi connectivity index (χ1n) is 5.16. The lowest BCUT2D eigenvalue weighted by Crippen LogP contribution is -2.43. The monoisotopic (exact) mass is 238 g/mol. The van der Waals surface area contributed by atoms with Crippen LogP contribution in [0.4, 0.5) is 0 Å². The van der Waals surface area contributed by atoms with E-state index in [4.69, 9.17) is 10.6 Å². The lowest BCUT2D eigenvalue weighted by molar-refractivity contribution is 0.0799. The third kappa shape index (κ3) is 6.09. The predicted octanol–water partition coefficient (Wildman–Crippen LogP) is 0.0681. The van der Waals surface area contributed by atoms with E-state index in [1.54, 1.807) is 14.0 Å². The van der Waals surface area contributed by atoms with Crippen molar-refractivity contribution in [2.75, 3.05) is 18.6 Å². The summed E-state index contributed by atoms with van der Waals surface area (Å²) in [6.45, 7) is 3.56. The fourth-order valence-corrected chi connectivity index (χ4v) is 2.18. The number of hydrogen-bond donors (Lipinski definition) is 2. The van der Waals surface area contributed by atoms with Crippen LogP contribution in [0, 0.1) is 0 Å². The maximum absolute atomic E-state index is 11.2. The molecule has 3 N–H and O–H groups in total. The third-order valence-corrected chi connectivity index (χ3v) is 4.35. The molecule has 5 nitrogen and oxygen atoms in total. The molecule has 0 rings (SSSR count). The van der Waals surface area contributed by atoms with Crippen molar-refractivity contribution < 1.29 is 13.2 Å². The van der Waals surface area contributed by atoms with E-state index < -0.39 is 9.84 Å². The molecule has 0 saturated heterocycles. The lowest BCUT2D eigenvalue weighted by Gasteiger charge is -2.21. The molecule has 0 radical (unpaired) electrons. The molecule has 0 heterocycles. The minimum Gasteiger partial charge on any atom is -0.380 e. The molecule has 2 unspecified atom stereocenters. The number of methoxy groups -OCH3 is 1. The van der Waals surface area contributed by atoms with Gasteiger partial charge < -0.3 is 4.74 Å². The molecule has 92 valence electrons. The van der Waals surface area contributed by atoms with Crippen LogP contribution in [0.15, 0.2) is 0 Å². The third-order valence-electron chi connectivity index (χ3n) is 2.56. The van der Waals surface area contributed by atoms with Crippen molar-refractivity contribution in [3.8, 4) is 0 Å². The molecule has 0 aromatic rings. The van der Waals surface area contributed by atoms with Crippen LogP contribution in [0.1, 0.15) is 26.7 Å². The van der Waals surface area contributed by atoms with Gasteiger partial charge in [-0.15, -0.1) is 0 Å². The first-order valence-corrected chi connectivity index (χ1v) is 6.98. The van der Waals surface area contributed by atoms with Crippen LogP contribution in [0.2, 0.25) is 0 Å². The molecule has 0 amide bonds. The molecule has 6 heteroatoms. The molecule has 0 aromatic carbocycles. The van der Waals surface area contributed by atoms with Crippen molar-refractivity contribution in [1.29, 1.82) is 0 Å². The van der Waals surface area contributed by atoms with E-state index in [0.717, 1.165) is 0 Å². The molecule has 0 aliphatic rings. The summed E-state index contributed by atoms with van der Waals surface area (Å²) in [4.78, 5) is 0. The molecule has 15 heavy (non-hydrogen) atoms. The largest absolute Gasteiger partial charge is 0.380 e. The van der Waals surface area contributed by atoms with E-state index >= 15 is 0 Å². The van der Waals surface area contributed by atoms with Gasteiger partial charge in [-0.1, -0.05) is 6.92 Å². The van der Waals surface area contributed by atoms with E-state index in [1.807, 2.05) is 6.92 Å². The van der Waals surface area contributed by atoms with Gasteiger partial charge in [-0.25, -0.2) is 8.42 Å². The van der Waals surface area contributed by atoms with Crippen molar-refractivity contribution in [3.63, 3.8) is 0 Å². The van der Waals surface area contributed by atoms with Gasteiger partial charge in [0, 0.05) is 18.9 Å². The van der Waals surface area contributed by atoms with Gasteiger partial charge in [0.2, 0.25) is 0 Å². The molecule has 0 aliphatic carbocycles. The molecular weight excluding hydrogens is 216 g/mol. The Morgan fingerprint density at radius 2 is 2.07 bits per heavy atom. The Morgan fingerprint density at radius 3 is 2.47 bits per heavy atom. The van der Waals surface area contributed by atoms with E-state index in [1.165, 1.54) is 0 Å². The second-order valence-electron chi connectivity index (χ2n) is 3.59. The fraction of sp³-hybridized carbons (Fsp3) is 1.00. The Balaban J connectivity index is 3.93. The molecule has 0 bridgehead atoms. The molecule has 2 atom stereocenters. The summed E-state index contributed by atoms with van der Waals surface area (Å²) in [5.74, 6) is 5.77. The highest BCUT2D eigenvalue weighted by molar-refractivity contribution is 7.91. The zero-order valence-electron chi connectivity index (χ0n) is 9.69. The van der Waals surface area contributed by atoms with Crippen LogP contribution in [0.5, 0.6) is 0 Å². The Morgan fingerprint density at radius 1 is 1.47 bits per heavy atom. The average molecular weight is 238 g/mol. The SMILES string of the molecule is CCS(=O)(=O)CCCC(NN)C(C)OC. The van der Waals surface area contributed by atoms with Crippen molar-refractivity contribution in [2.45, 2.75) is 38.8 Å². The summed E-state index contributed by atoms with van der Waals surface area (Å²) in [6.07, 6.45) is 1.29. The Bertz CT molecular complexity index is 254. The summed E-state index contributed by atoms with van der Waals surface area (Å²) >= 11 is 0. The van der Waals surface area contributed by atoms with Gasteiger partial charge in [-0.3, -0.25) is 11.3 Å². The number of nitrogens with one attached hydrogen (secondary N) is 1. The fourth-order valence-electron chi connectivity index (χ4n) is 1.29. The summed E-state index contributed by atoms with van der Waals surface area (Å²) in [6, 6.07) is 0.00190. The van der Waals surface area contributed by atoms with Gasteiger partial charge in [0.05, 0.1) is 11.9 Å². The van der Waals surface area contributed by atoms with E-state index in [9.17, 15) is 8.42 Å². The van der Waals surface area contributed by atoms with Crippen molar-refractivity contribution in [2.24, 2.45) is 5.84 Å². The Kier molecular flexibility index (Phi) is 7.08. The van der Waals surface area contributed by atoms with Crippen LogP contribution in [-0.2, 0) is 14.6 Å². The molecule has 0 fully saturated rings. The highest BCUT2D eigenvalue weighted by atomic mass is 32.2. The summed E-state index contributed by atoms with van der Waals surface area (Å²) in [7, 11) is -1.26. The number of hydrogen-bond acceptors (Lipinski definition) is 5. The van der Waals surface area contributed by atoms with E-state index in [0.29, 0.717) is 12.8 Å². The van der Waals surface area contributed by atoms with Crippen LogP contribution in [0.25, 0.3) is 0 Å². The first-order chi connectivity index (χ1) is 6.96. The zero-order chi connectivity index (χ0) is 11.9. The lowest BCUT2D eigenvalue weighted by atomic mass is 10.1. The minimum atomic E-state index is -2.87. The van der Waals surface area contributed by atoms with E-state index in [2.05, 4.69) is 5.43 Å². The van der Waals surface area contributed by atoms with Crippen molar-refractivity contribution in [1.82, 2.24) is 5.43 Å². The predicted molar refractivity (Wildman–Crippen MR) is 61.1 cm³/mol. The number of ether oxygens (including phenoxy) is 1. The maximum Gasteiger partial charge on any atom is 0.150 e. The maximum atomic E-state index is 11.2. The second-order valence-corrected chi connectivity index (χ2v) is 6.07. The average Bonchev–Trinajstić information content (AvgIpc) is 2.23. The number of nitrogens with two attached hydrogens (primary N) is 1. The van der Waals surface area contributed by atoms with Crippen LogP contribution in [-0.4, -0.2) is 39.2 Å². The highest BCUT2D eigenvalue weighted by Gasteiger charge is 2.16. The van der Waals surface area contributed by atoms with Gasteiger partial charge in [0.1, 0.15) is 9.84 Å². The second kappa shape index (κ2) is 7.16. The van der Waals surface area contributed by atoms with Gasteiger partial charge in [0.15, 0.2) is 0 Å². The summed E-state index contributed by atoms with van der Waals surface area (Å²) in [5.41, 5.74) is 2.64. The van der Waals surface area contributed by atoms with Crippen molar-refractivity contribution in [3.05, 3.63) is 0 Å². The van der Waals surface area contributed by atoms with Crippen LogP contribution < -0.4 is 11.3 Å². The molecule has 0 saturated carbocycles. The smallest absolute Gasteiger partial charge is 0.150 e. The van der Waals surface area contributed by atoms with Gasteiger partial charge in [0.25, 0.3) is 0 Å².